The number of hydrazine groups is 1. The zero-order chi connectivity index (χ0) is 13.7. The van der Waals surface area contributed by atoms with Gasteiger partial charge in [0, 0.05) is 12.2 Å². The van der Waals surface area contributed by atoms with Crippen LogP contribution in [0.1, 0.15) is 23.2 Å². The first-order valence-electron chi connectivity index (χ1n) is 6.06. The Labute approximate surface area is 111 Å². The van der Waals surface area contributed by atoms with E-state index in [-0.39, 0.29) is 5.91 Å². The largest absolute Gasteiger partial charge is 0.497 e. The monoisotopic (exact) mass is 264 g/mol. The van der Waals surface area contributed by atoms with Crippen molar-refractivity contribution in [1.82, 2.24) is 10.9 Å². The first kappa shape index (κ1) is 13.4. The Bertz CT molecular complexity index is 469. The molecule has 6 nitrogen and oxygen atoms in total. The van der Waals surface area contributed by atoms with E-state index in [9.17, 15) is 9.59 Å². The Balaban J connectivity index is 1.88. The second kappa shape index (κ2) is 6.19. The van der Waals surface area contributed by atoms with Gasteiger partial charge >= 0.3 is 0 Å². The number of carbonyl (C=O) groups is 2. The summed E-state index contributed by atoms with van der Waals surface area (Å²) in [6.07, 6.45) is 1.08. The van der Waals surface area contributed by atoms with Gasteiger partial charge in [0.05, 0.1) is 7.11 Å². The van der Waals surface area contributed by atoms with E-state index in [0.29, 0.717) is 24.3 Å². The number of hydrogen-bond acceptors (Lipinski definition) is 4. The summed E-state index contributed by atoms with van der Waals surface area (Å²) in [5.41, 5.74) is 5.12. The van der Waals surface area contributed by atoms with Crippen LogP contribution in [-0.2, 0) is 9.53 Å². The molecule has 0 unspecified atom stereocenters. The van der Waals surface area contributed by atoms with Crippen LogP contribution in [0.25, 0.3) is 0 Å². The van der Waals surface area contributed by atoms with Crippen molar-refractivity contribution >= 4 is 11.8 Å². The smallest absolute Gasteiger partial charge is 0.269 e. The van der Waals surface area contributed by atoms with Gasteiger partial charge in [0.15, 0.2) is 0 Å². The third-order valence-corrected chi connectivity index (χ3v) is 2.85. The molecular weight excluding hydrogens is 248 g/mol. The fourth-order valence-corrected chi connectivity index (χ4v) is 1.82. The summed E-state index contributed by atoms with van der Waals surface area (Å²) in [6.45, 7) is 0.585. The molecule has 0 saturated carbocycles. The predicted molar refractivity (Wildman–Crippen MR) is 67.6 cm³/mol. The first-order valence-corrected chi connectivity index (χ1v) is 6.06. The molecule has 1 saturated heterocycles. The average molecular weight is 264 g/mol. The number of nitrogens with one attached hydrogen (secondary N) is 2. The predicted octanol–water partition coefficient (Wildman–Crippen LogP) is 0.635. The number of hydrogen-bond donors (Lipinski definition) is 2. The highest BCUT2D eigenvalue weighted by Gasteiger charge is 2.23. The fourth-order valence-electron chi connectivity index (χ4n) is 1.82. The van der Waals surface area contributed by atoms with Crippen molar-refractivity contribution in [3.8, 4) is 5.75 Å². The lowest BCUT2D eigenvalue weighted by atomic mass is 10.2. The van der Waals surface area contributed by atoms with Crippen LogP contribution >= 0.6 is 0 Å². The normalized spacial score (nSPS) is 17.8. The summed E-state index contributed by atoms with van der Waals surface area (Å²) in [4.78, 5) is 23.4. The maximum Gasteiger partial charge on any atom is 0.269 e. The zero-order valence-corrected chi connectivity index (χ0v) is 10.6. The highest BCUT2D eigenvalue weighted by molar-refractivity contribution is 5.96. The second-order valence-corrected chi connectivity index (χ2v) is 4.18. The number of benzene rings is 1. The van der Waals surface area contributed by atoms with Crippen LogP contribution < -0.4 is 15.6 Å². The molecule has 1 aromatic carbocycles. The highest BCUT2D eigenvalue weighted by atomic mass is 16.5. The van der Waals surface area contributed by atoms with Gasteiger partial charge in [0.1, 0.15) is 11.9 Å². The third kappa shape index (κ3) is 3.45. The van der Waals surface area contributed by atoms with Crippen LogP contribution in [0.4, 0.5) is 0 Å². The molecule has 2 amide bonds. The van der Waals surface area contributed by atoms with Crippen LogP contribution in [0.2, 0.25) is 0 Å². The molecule has 1 aliphatic heterocycles. The maximum absolute atomic E-state index is 11.8. The molecule has 1 aliphatic rings. The quantitative estimate of drug-likeness (QED) is 0.785. The van der Waals surface area contributed by atoms with E-state index >= 15 is 0 Å². The van der Waals surface area contributed by atoms with Gasteiger partial charge in [0.25, 0.3) is 11.8 Å². The Morgan fingerprint density at radius 2 is 2.21 bits per heavy atom. The van der Waals surface area contributed by atoms with Crippen LogP contribution in [0, 0.1) is 0 Å². The molecule has 1 aromatic rings. The summed E-state index contributed by atoms with van der Waals surface area (Å²) in [7, 11) is 1.52. The van der Waals surface area contributed by atoms with Crippen molar-refractivity contribution < 1.29 is 19.1 Å². The minimum Gasteiger partial charge on any atom is -0.497 e. The number of amides is 2. The minimum atomic E-state index is -0.467. The van der Waals surface area contributed by atoms with Crippen molar-refractivity contribution in [2.24, 2.45) is 0 Å². The van der Waals surface area contributed by atoms with E-state index in [1.807, 2.05) is 0 Å². The SMILES string of the molecule is COc1cccc(C(=O)NNC(=O)[C@@H]2CCCO2)c1. The van der Waals surface area contributed by atoms with E-state index in [0.717, 1.165) is 6.42 Å². The molecule has 0 aliphatic carbocycles. The molecule has 2 N–H and O–H groups in total. The van der Waals surface area contributed by atoms with Gasteiger partial charge in [-0.05, 0) is 31.0 Å². The van der Waals surface area contributed by atoms with E-state index in [2.05, 4.69) is 10.9 Å². The molecule has 6 heteroatoms. The van der Waals surface area contributed by atoms with E-state index in [1.54, 1.807) is 24.3 Å². The Hall–Kier alpha value is -2.08. The molecule has 0 bridgehead atoms. The van der Waals surface area contributed by atoms with Gasteiger partial charge in [0.2, 0.25) is 0 Å². The molecule has 0 spiro atoms. The Kier molecular flexibility index (Phi) is 4.35. The Morgan fingerprint density at radius 1 is 1.37 bits per heavy atom. The maximum atomic E-state index is 11.8. The van der Waals surface area contributed by atoms with Crippen LogP contribution in [0.15, 0.2) is 24.3 Å². The standard InChI is InChI=1S/C13H16N2O4/c1-18-10-5-2-4-9(8-10)12(16)14-15-13(17)11-6-3-7-19-11/h2,4-5,8,11H,3,6-7H2,1H3,(H,14,16)(H,15,17)/t11-/m0/s1. The summed E-state index contributed by atoms with van der Waals surface area (Å²) in [5, 5.41) is 0. The molecular formula is C13H16N2O4. The summed E-state index contributed by atoms with van der Waals surface area (Å²) < 4.78 is 10.2. The number of carbonyl (C=O) groups excluding carboxylic acids is 2. The van der Waals surface area contributed by atoms with Gasteiger partial charge in [-0.3, -0.25) is 20.4 Å². The van der Waals surface area contributed by atoms with Gasteiger partial charge in [-0.1, -0.05) is 6.07 Å². The number of methoxy groups -OCH3 is 1. The topological polar surface area (TPSA) is 76.7 Å². The van der Waals surface area contributed by atoms with Crippen molar-refractivity contribution in [3.05, 3.63) is 29.8 Å². The molecule has 1 atom stereocenters. The van der Waals surface area contributed by atoms with Crippen LogP contribution in [0.3, 0.4) is 0 Å². The molecule has 19 heavy (non-hydrogen) atoms. The van der Waals surface area contributed by atoms with Gasteiger partial charge in [-0.2, -0.15) is 0 Å². The van der Waals surface area contributed by atoms with Crippen molar-refractivity contribution in [1.29, 1.82) is 0 Å². The third-order valence-electron chi connectivity index (χ3n) is 2.85. The summed E-state index contributed by atoms with van der Waals surface area (Å²) in [6, 6.07) is 6.67. The van der Waals surface area contributed by atoms with E-state index in [1.165, 1.54) is 7.11 Å². The van der Waals surface area contributed by atoms with Crippen molar-refractivity contribution in [3.63, 3.8) is 0 Å². The fraction of sp³-hybridized carbons (Fsp3) is 0.385. The van der Waals surface area contributed by atoms with Gasteiger partial charge in [-0.15, -0.1) is 0 Å². The van der Waals surface area contributed by atoms with E-state index < -0.39 is 12.0 Å². The molecule has 2 rings (SSSR count). The summed E-state index contributed by atoms with van der Waals surface area (Å²) >= 11 is 0. The van der Waals surface area contributed by atoms with E-state index in [4.69, 9.17) is 9.47 Å². The lowest BCUT2D eigenvalue weighted by Gasteiger charge is -2.11. The Morgan fingerprint density at radius 3 is 2.89 bits per heavy atom. The first-order chi connectivity index (χ1) is 9.20. The number of ether oxygens (including phenoxy) is 2. The van der Waals surface area contributed by atoms with Crippen LogP contribution in [-0.4, -0.2) is 31.6 Å². The molecule has 0 aromatic heterocycles. The zero-order valence-electron chi connectivity index (χ0n) is 10.6. The van der Waals surface area contributed by atoms with Crippen molar-refractivity contribution in [2.75, 3.05) is 13.7 Å². The average Bonchev–Trinajstić information content (AvgIpc) is 2.98. The van der Waals surface area contributed by atoms with Gasteiger partial charge < -0.3 is 9.47 Å². The lowest BCUT2D eigenvalue weighted by molar-refractivity contribution is -0.130. The second-order valence-electron chi connectivity index (χ2n) is 4.18. The number of rotatable bonds is 3. The van der Waals surface area contributed by atoms with Crippen LogP contribution in [0.5, 0.6) is 5.75 Å². The molecule has 0 radical (unpaired) electrons. The molecule has 1 fully saturated rings. The molecule has 1 heterocycles. The lowest BCUT2D eigenvalue weighted by Crippen LogP contribution is -2.46. The molecule has 102 valence electrons. The summed E-state index contributed by atoms with van der Waals surface area (Å²) in [5.74, 6) is -0.142. The van der Waals surface area contributed by atoms with Crippen molar-refractivity contribution in [2.45, 2.75) is 18.9 Å². The highest BCUT2D eigenvalue weighted by Crippen LogP contribution is 2.13. The minimum absolute atomic E-state index is 0.325. The van der Waals surface area contributed by atoms with Gasteiger partial charge in [-0.25, -0.2) is 0 Å².